The van der Waals surface area contributed by atoms with Gasteiger partial charge in [0, 0.05) is 5.56 Å². The number of benzene rings is 2. The summed E-state index contributed by atoms with van der Waals surface area (Å²) in [6.45, 7) is 1.49. The van der Waals surface area contributed by atoms with E-state index in [0.717, 1.165) is 19.3 Å². The maximum atomic E-state index is 13.5. The number of methoxy groups -OCH3 is 1. The Morgan fingerprint density at radius 1 is 0.895 bits per heavy atom. The molecule has 2 aromatic rings. The number of fused-ring (bicyclic) bond motifs is 1. The predicted molar refractivity (Wildman–Crippen MR) is 115 cm³/mol. The second kappa shape index (κ2) is 9.87. The SMILES string of the molecule is CC[C@@H]1C=C([C@H](C(=O)OC)c2cc(C(F)(F)F)cc(C(F)(F)F)c2)c2cc(C(F)(F)F)ccc2N1C(=O)O. The molecule has 1 N–H and O–H groups in total. The average Bonchev–Trinajstić information content (AvgIpc) is 2.81. The summed E-state index contributed by atoms with van der Waals surface area (Å²) in [5, 5.41) is 9.70. The summed E-state index contributed by atoms with van der Waals surface area (Å²) in [5.74, 6) is -3.43. The van der Waals surface area contributed by atoms with Gasteiger partial charge in [0.1, 0.15) is 5.92 Å². The Labute approximate surface area is 209 Å². The van der Waals surface area contributed by atoms with Gasteiger partial charge in [-0.3, -0.25) is 9.69 Å². The molecule has 0 aromatic heterocycles. The number of carboxylic acid groups (broad SMARTS) is 1. The van der Waals surface area contributed by atoms with Gasteiger partial charge in [-0.1, -0.05) is 13.0 Å². The number of hydrogen-bond acceptors (Lipinski definition) is 3. The summed E-state index contributed by atoms with van der Waals surface area (Å²) in [7, 11) is 0.797. The largest absolute Gasteiger partial charge is 0.468 e. The van der Waals surface area contributed by atoms with Crippen molar-refractivity contribution in [1.82, 2.24) is 0 Å². The van der Waals surface area contributed by atoms with Gasteiger partial charge in [-0.05, 0) is 54.0 Å². The van der Waals surface area contributed by atoms with E-state index in [1.165, 1.54) is 6.92 Å². The summed E-state index contributed by atoms with van der Waals surface area (Å²) in [6.07, 6.45) is -16.0. The van der Waals surface area contributed by atoms with Gasteiger partial charge >= 0.3 is 30.6 Å². The van der Waals surface area contributed by atoms with E-state index < -0.39 is 75.9 Å². The highest BCUT2D eigenvalue weighted by molar-refractivity contribution is 6.02. The van der Waals surface area contributed by atoms with Crippen LogP contribution in [0, 0.1) is 0 Å². The third-order valence-corrected chi connectivity index (χ3v) is 5.91. The van der Waals surface area contributed by atoms with E-state index in [1.807, 2.05) is 0 Å². The Balaban J connectivity index is 2.41. The first-order chi connectivity index (χ1) is 17.4. The highest BCUT2D eigenvalue weighted by Gasteiger charge is 2.42. The fourth-order valence-electron chi connectivity index (χ4n) is 4.21. The molecule has 0 unspecified atom stereocenters. The quantitative estimate of drug-likeness (QED) is 0.316. The van der Waals surface area contributed by atoms with Crippen molar-refractivity contribution in [3.05, 3.63) is 70.3 Å². The van der Waals surface area contributed by atoms with E-state index in [2.05, 4.69) is 4.74 Å². The Morgan fingerprint density at radius 3 is 1.84 bits per heavy atom. The summed E-state index contributed by atoms with van der Waals surface area (Å²) in [6, 6.07) is 1.13. The van der Waals surface area contributed by atoms with Crippen molar-refractivity contribution in [2.24, 2.45) is 0 Å². The van der Waals surface area contributed by atoms with Crippen LogP contribution in [0.15, 0.2) is 42.5 Å². The van der Waals surface area contributed by atoms with Crippen LogP contribution >= 0.6 is 0 Å². The number of carbonyl (C=O) groups is 2. The third-order valence-electron chi connectivity index (χ3n) is 5.91. The fraction of sp³-hybridized carbons (Fsp3) is 0.333. The van der Waals surface area contributed by atoms with Crippen LogP contribution in [0.25, 0.3) is 5.57 Å². The standard InChI is InChI=1S/C24H18F9NO4/c1-3-15-10-17(16-9-12(22(25,26)27)4-5-18(16)34(15)21(36)37)19(20(35)38-2)11-6-13(23(28,29)30)8-14(7-11)24(31,32)33/h4-10,15,19H,3H2,1-2H3,(H,36,37)/t15-,19-/m1/s1. The van der Waals surface area contributed by atoms with Crippen molar-refractivity contribution < 1.29 is 58.9 Å². The highest BCUT2D eigenvalue weighted by atomic mass is 19.4. The topological polar surface area (TPSA) is 66.8 Å². The molecule has 0 bridgehead atoms. The number of esters is 1. The minimum atomic E-state index is -5.27. The Kier molecular flexibility index (Phi) is 7.50. The number of ether oxygens (including phenoxy) is 1. The number of halogens is 9. The monoisotopic (exact) mass is 555 g/mol. The lowest BCUT2D eigenvalue weighted by atomic mass is 9.80. The van der Waals surface area contributed by atoms with Gasteiger partial charge in [0.15, 0.2) is 0 Å². The molecular weight excluding hydrogens is 537 g/mol. The number of amides is 1. The normalized spacial score (nSPS) is 17.0. The first-order valence-electron chi connectivity index (χ1n) is 10.7. The minimum Gasteiger partial charge on any atom is -0.468 e. The molecule has 0 spiro atoms. The van der Waals surface area contributed by atoms with Crippen molar-refractivity contribution in [2.45, 2.75) is 43.8 Å². The fourth-order valence-corrected chi connectivity index (χ4v) is 4.21. The van der Waals surface area contributed by atoms with Crippen molar-refractivity contribution in [3.8, 4) is 0 Å². The van der Waals surface area contributed by atoms with Crippen molar-refractivity contribution in [2.75, 3.05) is 12.0 Å². The Morgan fingerprint density at radius 2 is 1.42 bits per heavy atom. The lowest BCUT2D eigenvalue weighted by Crippen LogP contribution is -2.41. The van der Waals surface area contributed by atoms with Crippen molar-refractivity contribution in [1.29, 1.82) is 0 Å². The van der Waals surface area contributed by atoms with Crippen LogP contribution in [0.3, 0.4) is 0 Å². The summed E-state index contributed by atoms with van der Waals surface area (Å²) < 4.78 is 126. The van der Waals surface area contributed by atoms with Crippen LogP contribution < -0.4 is 4.90 Å². The van der Waals surface area contributed by atoms with Gasteiger partial charge in [0.05, 0.1) is 35.5 Å². The number of nitrogens with zero attached hydrogens (tertiary/aromatic N) is 1. The molecule has 0 saturated carbocycles. The van der Waals surface area contributed by atoms with Crippen LogP contribution in [0.2, 0.25) is 0 Å². The summed E-state index contributed by atoms with van der Waals surface area (Å²) in [4.78, 5) is 25.5. The van der Waals surface area contributed by atoms with Gasteiger partial charge in [-0.25, -0.2) is 4.79 Å². The first kappa shape index (κ1) is 28.9. The van der Waals surface area contributed by atoms with E-state index in [1.54, 1.807) is 0 Å². The van der Waals surface area contributed by atoms with Gasteiger partial charge in [0.25, 0.3) is 0 Å². The number of alkyl halides is 9. The summed E-state index contributed by atoms with van der Waals surface area (Å²) in [5.41, 5.74) is -6.94. The molecule has 1 aliphatic heterocycles. The molecule has 0 saturated heterocycles. The zero-order valence-corrected chi connectivity index (χ0v) is 19.4. The second-order valence-electron chi connectivity index (χ2n) is 8.28. The molecule has 0 aliphatic carbocycles. The molecule has 1 amide bonds. The molecule has 38 heavy (non-hydrogen) atoms. The van der Waals surface area contributed by atoms with Gasteiger partial charge in [-0.15, -0.1) is 0 Å². The Bertz CT molecular complexity index is 1250. The predicted octanol–water partition coefficient (Wildman–Crippen LogP) is 7.36. The smallest absolute Gasteiger partial charge is 0.416 e. The lowest BCUT2D eigenvalue weighted by molar-refractivity contribution is -0.144. The number of anilines is 1. The maximum absolute atomic E-state index is 13.5. The summed E-state index contributed by atoms with van der Waals surface area (Å²) >= 11 is 0. The van der Waals surface area contributed by atoms with Crippen LogP contribution in [-0.2, 0) is 28.1 Å². The zero-order chi connectivity index (χ0) is 28.8. The molecule has 2 atom stereocenters. The minimum absolute atomic E-state index is 0.000542. The molecule has 14 heteroatoms. The first-order valence-corrected chi connectivity index (χ1v) is 10.7. The van der Waals surface area contributed by atoms with E-state index in [9.17, 15) is 54.2 Å². The maximum Gasteiger partial charge on any atom is 0.416 e. The van der Waals surface area contributed by atoms with Gasteiger partial charge in [-0.2, -0.15) is 39.5 Å². The Hall–Kier alpha value is -3.71. The third kappa shape index (κ3) is 5.58. The van der Waals surface area contributed by atoms with Crippen molar-refractivity contribution in [3.63, 3.8) is 0 Å². The molecular formula is C24H18F9NO4. The number of hydrogen-bond donors (Lipinski definition) is 1. The highest BCUT2D eigenvalue weighted by Crippen LogP contribution is 2.47. The number of carbonyl (C=O) groups excluding carboxylic acids is 1. The molecule has 0 fully saturated rings. The van der Waals surface area contributed by atoms with E-state index in [4.69, 9.17) is 0 Å². The zero-order valence-electron chi connectivity index (χ0n) is 19.4. The molecule has 1 heterocycles. The lowest BCUT2D eigenvalue weighted by Gasteiger charge is -2.36. The molecule has 5 nitrogen and oxygen atoms in total. The van der Waals surface area contributed by atoms with Gasteiger partial charge < -0.3 is 9.84 Å². The molecule has 1 aliphatic rings. The molecule has 2 aromatic carbocycles. The van der Waals surface area contributed by atoms with Crippen LogP contribution in [-0.4, -0.2) is 30.3 Å². The van der Waals surface area contributed by atoms with Crippen LogP contribution in [0.4, 0.5) is 50.0 Å². The average molecular weight is 555 g/mol. The second-order valence-corrected chi connectivity index (χ2v) is 8.28. The molecule has 0 radical (unpaired) electrons. The molecule has 3 rings (SSSR count). The van der Waals surface area contributed by atoms with Crippen molar-refractivity contribution >= 4 is 23.3 Å². The van der Waals surface area contributed by atoms with E-state index >= 15 is 0 Å². The van der Waals surface area contributed by atoms with Crippen LogP contribution in [0.5, 0.6) is 0 Å². The van der Waals surface area contributed by atoms with Crippen LogP contribution in [0.1, 0.15) is 47.1 Å². The number of rotatable bonds is 4. The van der Waals surface area contributed by atoms with Gasteiger partial charge in [0.2, 0.25) is 0 Å². The van der Waals surface area contributed by atoms with E-state index in [0.29, 0.717) is 17.0 Å². The van der Waals surface area contributed by atoms with E-state index in [-0.39, 0.29) is 30.3 Å². The molecule has 206 valence electrons.